The molecule has 0 unspecified atom stereocenters. The van der Waals surface area contributed by atoms with Crippen LogP contribution < -0.4 is 4.74 Å². The lowest BCUT2D eigenvalue weighted by Gasteiger charge is -2.03. The van der Waals surface area contributed by atoms with Crippen LogP contribution >= 0.6 is 0 Å². The van der Waals surface area contributed by atoms with Crippen molar-refractivity contribution in [3.05, 3.63) is 42.0 Å². The molecule has 0 N–H and O–H groups in total. The molecule has 6 heteroatoms. The van der Waals surface area contributed by atoms with E-state index in [1.807, 2.05) is 24.3 Å². The third kappa shape index (κ3) is 3.31. The zero-order chi connectivity index (χ0) is 13.7. The molecule has 2 rings (SSSR count). The van der Waals surface area contributed by atoms with Crippen LogP contribution in [-0.4, -0.2) is 35.0 Å². The Hall–Kier alpha value is -2.37. The fourth-order valence-electron chi connectivity index (χ4n) is 1.62. The summed E-state index contributed by atoms with van der Waals surface area (Å²) in [6.07, 6.45) is 2.32. The van der Waals surface area contributed by atoms with E-state index >= 15 is 0 Å². The van der Waals surface area contributed by atoms with Crippen LogP contribution in [0.2, 0.25) is 0 Å². The first-order valence-electron chi connectivity index (χ1n) is 5.83. The van der Waals surface area contributed by atoms with Crippen molar-refractivity contribution >= 4 is 5.97 Å². The monoisotopic (exact) mass is 261 g/mol. The minimum absolute atomic E-state index is 0.0808. The first-order valence-corrected chi connectivity index (χ1v) is 5.83. The molecule has 0 atom stereocenters. The molecule has 6 nitrogen and oxygen atoms in total. The molecule has 0 aliphatic carbocycles. The zero-order valence-corrected chi connectivity index (χ0v) is 10.9. The smallest absolute Gasteiger partial charge is 0.377 e. The number of hydrogen-bond acceptors (Lipinski definition) is 5. The van der Waals surface area contributed by atoms with E-state index in [9.17, 15) is 4.79 Å². The number of hydrogen-bond donors (Lipinski definition) is 0. The average molecular weight is 261 g/mol. The lowest BCUT2D eigenvalue weighted by molar-refractivity contribution is 0.0586. The normalized spacial score (nSPS) is 10.2. The van der Waals surface area contributed by atoms with E-state index < -0.39 is 5.97 Å². The zero-order valence-electron chi connectivity index (χ0n) is 10.9. The van der Waals surface area contributed by atoms with E-state index in [-0.39, 0.29) is 5.82 Å². The summed E-state index contributed by atoms with van der Waals surface area (Å²) in [4.78, 5) is 15.1. The number of esters is 1. The number of methoxy groups -OCH3 is 2. The van der Waals surface area contributed by atoms with Gasteiger partial charge in [-0.15, -0.1) is 5.10 Å². The van der Waals surface area contributed by atoms with Crippen LogP contribution in [0.25, 0.3) is 0 Å². The summed E-state index contributed by atoms with van der Waals surface area (Å²) >= 11 is 0. The van der Waals surface area contributed by atoms with Gasteiger partial charge in [0.2, 0.25) is 0 Å². The van der Waals surface area contributed by atoms with Crippen molar-refractivity contribution in [3.63, 3.8) is 0 Å². The second-order valence-corrected chi connectivity index (χ2v) is 3.92. The van der Waals surface area contributed by atoms with Gasteiger partial charge < -0.3 is 9.47 Å². The van der Waals surface area contributed by atoms with Gasteiger partial charge in [0.15, 0.2) is 0 Å². The standard InChI is InChI=1S/C13H15N3O3/c1-18-11-5-3-10(4-6-11)7-8-16-9-14-12(15-16)13(17)19-2/h3-6,9H,7-8H2,1-2H3. The van der Waals surface area contributed by atoms with Crippen LogP contribution in [0.4, 0.5) is 0 Å². The Balaban J connectivity index is 1.94. The highest BCUT2D eigenvalue weighted by molar-refractivity contribution is 5.84. The number of aryl methyl sites for hydroxylation is 2. The molecule has 0 saturated carbocycles. The minimum atomic E-state index is -0.525. The van der Waals surface area contributed by atoms with Crippen molar-refractivity contribution in [3.8, 4) is 5.75 Å². The molecule has 0 saturated heterocycles. The Morgan fingerprint density at radius 1 is 1.26 bits per heavy atom. The quantitative estimate of drug-likeness (QED) is 0.759. The molecule has 0 aliphatic heterocycles. The Morgan fingerprint density at radius 3 is 2.63 bits per heavy atom. The van der Waals surface area contributed by atoms with Crippen LogP contribution in [0.1, 0.15) is 16.2 Å². The first-order chi connectivity index (χ1) is 9.22. The van der Waals surface area contributed by atoms with Gasteiger partial charge in [-0.2, -0.15) is 0 Å². The van der Waals surface area contributed by atoms with Crippen LogP contribution in [0.5, 0.6) is 5.75 Å². The molecule has 1 heterocycles. The van der Waals surface area contributed by atoms with E-state index in [0.29, 0.717) is 6.54 Å². The highest BCUT2D eigenvalue weighted by Gasteiger charge is 2.10. The fourth-order valence-corrected chi connectivity index (χ4v) is 1.62. The summed E-state index contributed by atoms with van der Waals surface area (Å²) in [7, 11) is 2.94. The second-order valence-electron chi connectivity index (χ2n) is 3.92. The molecule has 0 amide bonds. The van der Waals surface area contributed by atoms with Crippen molar-refractivity contribution in [2.45, 2.75) is 13.0 Å². The molecular formula is C13H15N3O3. The maximum Gasteiger partial charge on any atom is 0.377 e. The van der Waals surface area contributed by atoms with Gasteiger partial charge in [0.05, 0.1) is 14.2 Å². The molecule has 2 aromatic rings. The third-order valence-corrected chi connectivity index (χ3v) is 2.69. The molecule has 0 aliphatic rings. The Labute approximate surface area is 111 Å². The van der Waals surface area contributed by atoms with Crippen molar-refractivity contribution in [2.75, 3.05) is 14.2 Å². The maximum atomic E-state index is 11.2. The van der Waals surface area contributed by atoms with E-state index in [2.05, 4.69) is 14.8 Å². The average Bonchev–Trinajstić information content (AvgIpc) is 2.93. The number of benzene rings is 1. The van der Waals surface area contributed by atoms with Gasteiger partial charge in [0.25, 0.3) is 5.82 Å². The molecule has 0 fully saturated rings. The maximum absolute atomic E-state index is 11.2. The number of nitrogens with zero attached hydrogens (tertiary/aromatic N) is 3. The largest absolute Gasteiger partial charge is 0.497 e. The van der Waals surface area contributed by atoms with E-state index in [0.717, 1.165) is 17.7 Å². The summed E-state index contributed by atoms with van der Waals surface area (Å²) in [5.74, 6) is 0.387. The SMILES string of the molecule is COC(=O)c1ncn(CCc2ccc(OC)cc2)n1. The summed E-state index contributed by atoms with van der Waals surface area (Å²) < 4.78 is 11.3. The predicted octanol–water partition coefficient (Wildman–Crippen LogP) is 1.32. The van der Waals surface area contributed by atoms with Crippen molar-refractivity contribution in [1.29, 1.82) is 0 Å². The van der Waals surface area contributed by atoms with Crippen molar-refractivity contribution < 1.29 is 14.3 Å². The molecule has 19 heavy (non-hydrogen) atoms. The second kappa shape index (κ2) is 5.99. The van der Waals surface area contributed by atoms with Crippen LogP contribution in [0, 0.1) is 0 Å². The van der Waals surface area contributed by atoms with Gasteiger partial charge in [-0.25, -0.2) is 9.78 Å². The summed E-state index contributed by atoms with van der Waals surface area (Å²) in [5, 5.41) is 4.04. The topological polar surface area (TPSA) is 66.2 Å². The van der Waals surface area contributed by atoms with Crippen LogP contribution in [0.15, 0.2) is 30.6 Å². The van der Waals surface area contributed by atoms with Gasteiger partial charge in [0.1, 0.15) is 12.1 Å². The number of rotatable bonds is 5. The Bertz CT molecular complexity index is 549. The lowest BCUT2D eigenvalue weighted by atomic mass is 10.1. The fraction of sp³-hybridized carbons (Fsp3) is 0.308. The van der Waals surface area contributed by atoms with Gasteiger partial charge >= 0.3 is 5.97 Å². The molecule has 0 bridgehead atoms. The van der Waals surface area contributed by atoms with E-state index in [1.54, 1.807) is 11.8 Å². The van der Waals surface area contributed by atoms with Crippen LogP contribution in [-0.2, 0) is 17.7 Å². The Kier molecular flexibility index (Phi) is 4.12. The highest BCUT2D eigenvalue weighted by atomic mass is 16.5. The molecule has 0 radical (unpaired) electrons. The number of carbonyl (C=O) groups is 1. The number of carbonyl (C=O) groups excluding carboxylic acids is 1. The molecule has 100 valence electrons. The lowest BCUT2D eigenvalue weighted by Crippen LogP contribution is -2.07. The third-order valence-electron chi connectivity index (χ3n) is 2.69. The number of aromatic nitrogens is 3. The van der Waals surface area contributed by atoms with Gasteiger partial charge in [-0.1, -0.05) is 12.1 Å². The van der Waals surface area contributed by atoms with Gasteiger partial charge in [-0.05, 0) is 24.1 Å². The molecular weight excluding hydrogens is 246 g/mol. The highest BCUT2D eigenvalue weighted by Crippen LogP contribution is 2.12. The molecule has 1 aromatic carbocycles. The van der Waals surface area contributed by atoms with Crippen LogP contribution in [0.3, 0.4) is 0 Å². The number of ether oxygens (including phenoxy) is 2. The van der Waals surface area contributed by atoms with E-state index in [4.69, 9.17) is 4.74 Å². The molecule has 0 spiro atoms. The summed E-state index contributed by atoms with van der Waals surface area (Å²) in [6, 6.07) is 7.82. The van der Waals surface area contributed by atoms with Crippen molar-refractivity contribution in [1.82, 2.24) is 14.8 Å². The summed E-state index contributed by atoms with van der Waals surface area (Å²) in [5.41, 5.74) is 1.16. The van der Waals surface area contributed by atoms with E-state index in [1.165, 1.54) is 13.4 Å². The summed E-state index contributed by atoms with van der Waals surface area (Å²) in [6.45, 7) is 0.649. The Morgan fingerprint density at radius 2 is 2.00 bits per heavy atom. The minimum Gasteiger partial charge on any atom is -0.497 e. The predicted molar refractivity (Wildman–Crippen MR) is 68.1 cm³/mol. The van der Waals surface area contributed by atoms with Gasteiger partial charge in [-0.3, -0.25) is 4.68 Å². The van der Waals surface area contributed by atoms with Crippen molar-refractivity contribution in [2.24, 2.45) is 0 Å². The molecule has 1 aromatic heterocycles. The first kappa shape index (κ1) is 13.1. The van der Waals surface area contributed by atoms with Gasteiger partial charge in [0, 0.05) is 6.54 Å².